The Morgan fingerprint density at radius 1 is 1.22 bits per heavy atom. The van der Waals surface area contributed by atoms with Crippen LogP contribution in [0.2, 0.25) is 0 Å². The van der Waals surface area contributed by atoms with Crippen LogP contribution in [-0.4, -0.2) is 10.2 Å². The van der Waals surface area contributed by atoms with E-state index in [0.717, 1.165) is 5.33 Å². The second-order valence-corrected chi connectivity index (χ2v) is 4.66. The lowest BCUT2D eigenvalue weighted by atomic mass is 9.48. The van der Waals surface area contributed by atoms with E-state index < -0.39 is 0 Å². The van der Waals surface area contributed by atoms with Crippen LogP contribution in [0.15, 0.2) is 0 Å². The zero-order valence-electron chi connectivity index (χ0n) is 5.29. The average Bonchev–Trinajstić information content (AvgIpc) is 1.89. The number of hydrogen-bond acceptors (Lipinski definition) is 0. The third-order valence-electron chi connectivity index (χ3n) is 3.21. The van der Waals surface area contributed by atoms with Crippen LogP contribution in [0.4, 0.5) is 0 Å². The predicted octanol–water partition coefficient (Wildman–Crippen LogP) is 2.93. The average molecular weight is 210 g/mol. The summed E-state index contributed by atoms with van der Waals surface area (Å²) in [6.45, 7) is 0. The molecule has 2 fully saturated rings. The van der Waals surface area contributed by atoms with E-state index in [-0.39, 0.29) is 4.87 Å². The predicted molar refractivity (Wildman–Crippen MR) is 43.3 cm³/mol. The van der Waals surface area contributed by atoms with Crippen LogP contribution >= 0.6 is 27.5 Å². The minimum Gasteiger partial charge on any atom is -0.119 e. The van der Waals surface area contributed by atoms with Gasteiger partial charge in [-0.2, -0.15) is 0 Å². The lowest BCUT2D eigenvalue weighted by Gasteiger charge is -2.64. The molecule has 2 aliphatic carbocycles. The third kappa shape index (κ3) is 0.561. The first kappa shape index (κ1) is 6.48. The summed E-state index contributed by atoms with van der Waals surface area (Å²) in [6.07, 6.45) is 5.20. The molecule has 0 saturated heterocycles. The highest BCUT2D eigenvalue weighted by molar-refractivity contribution is 9.09. The number of alkyl halides is 2. The second-order valence-electron chi connectivity index (χ2n) is 3.38. The van der Waals surface area contributed by atoms with Gasteiger partial charge in [0.25, 0.3) is 0 Å². The summed E-state index contributed by atoms with van der Waals surface area (Å²) in [5.41, 5.74) is 0.522. The van der Waals surface area contributed by atoms with E-state index in [1.54, 1.807) is 0 Å². The smallest absolute Gasteiger partial charge is 0.0511 e. The van der Waals surface area contributed by atoms with Gasteiger partial charge in [-0.25, -0.2) is 0 Å². The minimum absolute atomic E-state index is 0.233. The fourth-order valence-electron chi connectivity index (χ4n) is 2.00. The molecule has 0 amide bonds. The molecule has 2 aliphatic rings. The van der Waals surface area contributed by atoms with Gasteiger partial charge in [0.15, 0.2) is 0 Å². The van der Waals surface area contributed by atoms with Gasteiger partial charge in [0.05, 0.1) is 4.87 Å². The SMILES string of the molecule is ClC12CCC1(CBr)CC2. The summed E-state index contributed by atoms with van der Waals surface area (Å²) < 4.78 is 0. The van der Waals surface area contributed by atoms with Crippen molar-refractivity contribution in [2.24, 2.45) is 5.41 Å². The minimum atomic E-state index is 0.233. The van der Waals surface area contributed by atoms with Crippen LogP contribution in [0, 0.1) is 5.41 Å². The standard InChI is InChI=1S/C7H10BrCl/c8-5-6-1-3-7(6,9)4-2-6/h1-5H2. The van der Waals surface area contributed by atoms with Crippen LogP contribution < -0.4 is 0 Å². The molecule has 0 unspecified atom stereocenters. The molecule has 0 heterocycles. The van der Waals surface area contributed by atoms with E-state index in [0.29, 0.717) is 5.41 Å². The van der Waals surface area contributed by atoms with E-state index >= 15 is 0 Å². The summed E-state index contributed by atoms with van der Waals surface area (Å²) in [7, 11) is 0. The van der Waals surface area contributed by atoms with Crippen LogP contribution in [-0.2, 0) is 0 Å². The lowest BCUT2D eigenvalue weighted by molar-refractivity contribution is -0.0221. The number of halogens is 2. The van der Waals surface area contributed by atoms with Crippen molar-refractivity contribution in [1.29, 1.82) is 0 Å². The molecule has 0 aromatic carbocycles. The van der Waals surface area contributed by atoms with Crippen molar-refractivity contribution < 1.29 is 0 Å². The Kier molecular flexibility index (Phi) is 1.21. The van der Waals surface area contributed by atoms with E-state index in [4.69, 9.17) is 11.6 Å². The maximum absolute atomic E-state index is 6.27. The van der Waals surface area contributed by atoms with Gasteiger partial charge in [-0.3, -0.25) is 0 Å². The highest BCUT2D eigenvalue weighted by Crippen LogP contribution is 2.68. The number of hydrogen-bond donors (Lipinski definition) is 0. The molecule has 9 heavy (non-hydrogen) atoms. The van der Waals surface area contributed by atoms with Gasteiger partial charge < -0.3 is 0 Å². The largest absolute Gasteiger partial charge is 0.119 e. The molecule has 0 nitrogen and oxygen atoms in total. The van der Waals surface area contributed by atoms with Crippen molar-refractivity contribution in [3.05, 3.63) is 0 Å². The summed E-state index contributed by atoms with van der Waals surface area (Å²) in [4.78, 5) is 0.233. The van der Waals surface area contributed by atoms with E-state index in [1.807, 2.05) is 0 Å². The summed E-state index contributed by atoms with van der Waals surface area (Å²) in [5, 5.41) is 1.11. The van der Waals surface area contributed by atoms with Crippen molar-refractivity contribution in [1.82, 2.24) is 0 Å². The Labute approximate surface area is 69.1 Å². The van der Waals surface area contributed by atoms with E-state index in [9.17, 15) is 0 Å². The first-order chi connectivity index (χ1) is 4.22. The number of rotatable bonds is 1. The topological polar surface area (TPSA) is 0 Å². The van der Waals surface area contributed by atoms with Gasteiger partial charge >= 0.3 is 0 Å². The van der Waals surface area contributed by atoms with E-state index in [2.05, 4.69) is 15.9 Å². The Morgan fingerprint density at radius 2 is 1.78 bits per heavy atom. The third-order valence-corrected chi connectivity index (χ3v) is 5.06. The molecule has 2 rings (SSSR count). The van der Waals surface area contributed by atoms with Crippen LogP contribution in [0.25, 0.3) is 0 Å². The molecular weight excluding hydrogens is 199 g/mol. The molecule has 52 valence electrons. The van der Waals surface area contributed by atoms with Gasteiger partial charge in [-0.15, -0.1) is 11.6 Å². The van der Waals surface area contributed by atoms with Crippen LogP contribution in [0.5, 0.6) is 0 Å². The summed E-state index contributed by atoms with van der Waals surface area (Å²) in [6, 6.07) is 0. The fourth-order valence-corrected chi connectivity index (χ4v) is 3.71. The molecule has 2 saturated carbocycles. The number of fused-ring (bicyclic) bond motifs is 1. The fraction of sp³-hybridized carbons (Fsp3) is 1.00. The molecule has 0 bridgehead atoms. The van der Waals surface area contributed by atoms with Crippen LogP contribution in [0.1, 0.15) is 25.7 Å². The van der Waals surface area contributed by atoms with Gasteiger partial charge in [-0.1, -0.05) is 15.9 Å². The Morgan fingerprint density at radius 3 is 1.78 bits per heavy atom. The molecular formula is C7H10BrCl. The van der Waals surface area contributed by atoms with Crippen molar-refractivity contribution >= 4 is 27.5 Å². The molecule has 0 aliphatic heterocycles. The molecule has 0 aromatic heterocycles. The molecule has 0 spiro atoms. The second kappa shape index (κ2) is 1.68. The Bertz CT molecular complexity index is 130. The van der Waals surface area contributed by atoms with Crippen molar-refractivity contribution in [3.63, 3.8) is 0 Å². The molecule has 0 radical (unpaired) electrons. The Balaban J connectivity index is 2.16. The van der Waals surface area contributed by atoms with Crippen molar-refractivity contribution in [2.75, 3.05) is 5.33 Å². The van der Waals surface area contributed by atoms with Gasteiger partial charge in [-0.05, 0) is 31.1 Å². The first-order valence-corrected chi connectivity index (χ1v) is 4.97. The first-order valence-electron chi connectivity index (χ1n) is 3.47. The lowest BCUT2D eigenvalue weighted by Crippen LogP contribution is -2.62. The highest BCUT2D eigenvalue weighted by atomic mass is 79.9. The molecule has 2 heteroatoms. The summed E-state index contributed by atoms with van der Waals surface area (Å²) in [5.74, 6) is 0. The monoisotopic (exact) mass is 208 g/mol. The Hall–Kier alpha value is 0.770. The van der Waals surface area contributed by atoms with Crippen molar-refractivity contribution in [2.45, 2.75) is 30.6 Å². The van der Waals surface area contributed by atoms with Crippen molar-refractivity contribution in [3.8, 4) is 0 Å². The van der Waals surface area contributed by atoms with Crippen LogP contribution in [0.3, 0.4) is 0 Å². The molecule has 0 atom stereocenters. The zero-order valence-corrected chi connectivity index (χ0v) is 7.63. The normalized spacial score (nSPS) is 55.3. The van der Waals surface area contributed by atoms with Gasteiger partial charge in [0, 0.05) is 5.33 Å². The van der Waals surface area contributed by atoms with Gasteiger partial charge in [0.2, 0.25) is 0 Å². The van der Waals surface area contributed by atoms with E-state index in [1.165, 1.54) is 25.7 Å². The molecule has 0 aromatic rings. The quantitative estimate of drug-likeness (QED) is 0.583. The highest BCUT2D eigenvalue weighted by Gasteiger charge is 2.63. The molecule has 0 N–H and O–H groups in total. The summed E-state index contributed by atoms with van der Waals surface area (Å²) >= 11 is 9.79. The van der Waals surface area contributed by atoms with Gasteiger partial charge in [0.1, 0.15) is 0 Å². The zero-order chi connectivity index (χ0) is 6.54. The maximum Gasteiger partial charge on any atom is 0.0511 e. The maximum atomic E-state index is 6.27.